The van der Waals surface area contributed by atoms with Crippen LogP contribution in [0.15, 0.2) is 42.5 Å². The van der Waals surface area contributed by atoms with E-state index in [1.807, 2.05) is 13.8 Å². The van der Waals surface area contributed by atoms with Gasteiger partial charge in [0.05, 0.1) is 17.8 Å². The number of nitrogens with zero attached hydrogens (tertiary/aromatic N) is 1. The van der Waals surface area contributed by atoms with Gasteiger partial charge in [0.1, 0.15) is 5.75 Å². The molecule has 1 aliphatic rings. The molecule has 0 aliphatic carbocycles. The molecule has 1 aliphatic heterocycles. The molecule has 0 saturated carbocycles. The van der Waals surface area contributed by atoms with E-state index < -0.39 is 12.1 Å². The average Bonchev–Trinajstić information content (AvgIpc) is 2.63. The van der Waals surface area contributed by atoms with Crippen LogP contribution in [-0.4, -0.2) is 28.9 Å². The number of anilines is 1. The summed E-state index contributed by atoms with van der Waals surface area (Å²) in [6.07, 6.45) is -0.612. The number of carbonyl (C=O) groups excluding carboxylic acids is 2. The minimum Gasteiger partial charge on any atom is -0.478 e. The number of carboxylic acid groups (broad SMARTS) is 1. The third kappa shape index (κ3) is 3.69. The molecule has 1 amide bonds. The molecule has 2 aromatic carbocycles. The van der Waals surface area contributed by atoms with Crippen molar-refractivity contribution in [2.75, 3.05) is 4.90 Å². The number of amides is 1. The molecule has 0 fully saturated rings. The molecule has 27 heavy (non-hydrogen) atoms. The first-order valence-corrected chi connectivity index (χ1v) is 8.73. The van der Waals surface area contributed by atoms with Gasteiger partial charge in [-0.05, 0) is 48.7 Å². The molecule has 6 nitrogen and oxygen atoms in total. The van der Waals surface area contributed by atoms with E-state index in [1.54, 1.807) is 35.2 Å². The van der Waals surface area contributed by atoms with Crippen LogP contribution in [0.25, 0.3) is 0 Å². The molecular weight excluding hydrogens is 346 g/mol. The number of benzene rings is 2. The van der Waals surface area contributed by atoms with Crippen molar-refractivity contribution in [2.24, 2.45) is 5.92 Å². The summed E-state index contributed by atoms with van der Waals surface area (Å²) in [6, 6.07) is 11.5. The Hall–Kier alpha value is -3.15. The molecule has 0 aromatic heterocycles. The second kappa shape index (κ2) is 7.23. The van der Waals surface area contributed by atoms with Crippen LogP contribution in [0.3, 0.4) is 0 Å². The minimum absolute atomic E-state index is 0.0185. The Bertz CT molecular complexity index is 901. The molecule has 3 rings (SSSR count). The lowest BCUT2D eigenvalue weighted by Crippen LogP contribution is -2.48. The van der Waals surface area contributed by atoms with Crippen LogP contribution in [0.5, 0.6) is 5.75 Å². The second-order valence-electron chi connectivity index (χ2n) is 6.95. The molecule has 2 aromatic rings. The Morgan fingerprint density at radius 2 is 1.74 bits per heavy atom. The third-order valence-electron chi connectivity index (χ3n) is 4.57. The monoisotopic (exact) mass is 367 g/mol. The number of ether oxygens (including phenoxy) is 1. The molecule has 1 atom stereocenters. The first-order chi connectivity index (χ1) is 12.8. The van der Waals surface area contributed by atoms with Gasteiger partial charge in [-0.1, -0.05) is 26.0 Å². The summed E-state index contributed by atoms with van der Waals surface area (Å²) in [5.41, 5.74) is 2.02. The lowest BCUT2D eigenvalue weighted by molar-refractivity contribution is -0.128. The Kier molecular flexibility index (Phi) is 4.99. The predicted molar refractivity (Wildman–Crippen MR) is 100 cm³/mol. The number of carboxylic acids is 1. The second-order valence-corrected chi connectivity index (χ2v) is 6.95. The number of hydrogen-bond acceptors (Lipinski definition) is 4. The van der Waals surface area contributed by atoms with Gasteiger partial charge in [0, 0.05) is 5.56 Å². The van der Waals surface area contributed by atoms with Crippen LogP contribution in [-0.2, 0) is 11.3 Å². The van der Waals surface area contributed by atoms with Gasteiger partial charge in [0.25, 0.3) is 5.91 Å². The number of ketones is 1. The van der Waals surface area contributed by atoms with Crippen molar-refractivity contribution in [1.82, 2.24) is 0 Å². The summed E-state index contributed by atoms with van der Waals surface area (Å²) in [6.45, 7) is 5.56. The summed E-state index contributed by atoms with van der Waals surface area (Å²) in [4.78, 5) is 37.4. The fourth-order valence-corrected chi connectivity index (χ4v) is 3.03. The van der Waals surface area contributed by atoms with E-state index in [-0.39, 0.29) is 29.7 Å². The van der Waals surface area contributed by atoms with Crippen LogP contribution < -0.4 is 9.64 Å². The summed E-state index contributed by atoms with van der Waals surface area (Å²) < 4.78 is 5.88. The first kappa shape index (κ1) is 18.6. The fourth-order valence-electron chi connectivity index (χ4n) is 3.03. The summed E-state index contributed by atoms with van der Waals surface area (Å²) >= 11 is 0. The van der Waals surface area contributed by atoms with Crippen molar-refractivity contribution in [2.45, 2.75) is 33.4 Å². The Labute approximate surface area is 157 Å². The topological polar surface area (TPSA) is 83.9 Å². The summed E-state index contributed by atoms with van der Waals surface area (Å²) in [5.74, 6) is -0.738. The predicted octanol–water partition coefficient (Wildman–Crippen LogP) is 3.54. The van der Waals surface area contributed by atoms with Crippen molar-refractivity contribution in [3.05, 3.63) is 59.2 Å². The van der Waals surface area contributed by atoms with E-state index in [1.165, 1.54) is 19.1 Å². The molecule has 1 N–H and O–H groups in total. The maximum Gasteiger partial charge on any atom is 0.335 e. The molecule has 0 spiro atoms. The quantitative estimate of drug-likeness (QED) is 0.817. The zero-order valence-electron chi connectivity index (χ0n) is 15.4. The Morgan fingerprint density at radius 3 is 2.30 bits per heavy atom. The van der Waals surface area contributed by atoms with E-state index in [0.29, 0.717) is 17.0 Å². The highest BCUT2D eigenvalue weighted by molar-refractivity contribution is 6.02. The summed E-state index contributed by atoms with van der Waals surface area (Å²) in [7, 11) is 0. The molecule has 1 heterocycles. The smallest absolute Gasteiger partial charge is 0.335 e. The minimum atomic E-state index is -1.000. The molecule has 0 radical (unpaired) electrons. The standard InChI is InChI=1S/C21H21NO5/c1-12(2)19-20(24)22(11-14-4-6-15(7-5-14)21(25)26)17-10-16(13(3)23)8-9-18(17)27-19/h4-10,12,19H,11H2,1-3H3,(H,25,26). The number of aromatic carboxylic acids is 1. The fraction of sp³-hybridized carbons (Fsp3) is 0.286. The van der Waals surface area contributed by atoms with Crippen LogP contribution in [0.1, 0.15) is 47.1 Å². The lowest BCUT2D eigenvalue weighted by atomic mass is 10.0. The van der Waals surface area contributed by atoms with E-state index in [4.69, 9.17) is 9.84 Å². The normalized spacial score (nSPS) is 16.1. The van der Waals surface area contributed by atoms with E-state index >= 15 is 0 Å². The van der Waals surface area contributed by atoms with Gasteiger partial charge in [-0.2, -0.15) is 0 Å². The van der Waals surface area contributed by atoms with Crippen molar-refractivity contribution >= 4 is 23.3 Å². The third-order valence-corrected chi connectivity index (χ3v) is 4.57. The molecule has 0 bridgehead atoms. The van der Waals surface area contributed by atoms with Gasteiger partial charge in [0.15, 0.2) is 11.9 Å². The maximum absolute atomic E-state index is 13.0. The highest BCUT2D eigenvalue weighted by Crippen LogP contribution is 2.37. The average molecular weight is 367 g/mol. The molecule has 0 saturated heterocycles. The van der Waals surface area contributed by atoms with Gasteiger partial charge in [-0.15, -0.1) is 0 Å². The first-order valence-electron chi connectivity index (χ1n) is 8.73. The molecular formula is C21H21NO5. The van der Waals surface area contributed by atoms with Crippen LogP contribution in [0.2, 0.25) is 0 Å². The summed E-state index contributed by atoms with van der Waals surface area (Å²) in [5, 5.41) is 9.03. The lowest BCUT2D eigenvalue weighted by Gasteiger charge is -2.36. The van der Waals surface area contributed by atoms with Crippen LogP contribution in [0.4, 0.5) is 5.69 Å². The van der Waals surface area contributed by atoms with Crippen molar-refractivity contribution in [1.29, 1.82) is 0 Å². The van der Waals surface area contributed by atoms with Crippen molar-refractivity contribution in [3.8, 4) is 5.75 Å². The Morgan fingerprint density at radius 1 is 1.11 bits per heavy atom. The van der Waals surface area contributed by atoms with Gasteiger partial charge in [-0.3, -0.25) is 9.59 Å². The molecule has 1 unspecified atom stereocenters. The number of hydrogen-bond donors (Lipinski definition) is 1. The van der Waals surface area contributed by atoms with Crippen LogP contribution in [0, 0.1) is 5.92 Å². The van der Waals surface area contributed by atoms with Gasteiger partial charge in [0.2, 0.25) is 0 Å². The zero-order valence-corrected chi connectivity index (χ0v) is 15.4. The van der Waals surface area contributed by atoms with Gasteiger partial charge < -0.3 is 14.7 Å². The van der Waals surface area contributed by atoms with E-state index in [0.717, 1.165) is 5.56 Å². The van der Waals surface area contributed by atoms with Gasteiger partial charge >= 0.3 is 5.97 Å². The highest BCUT2D eigenvalue weighted by Gasteiger charge is 2.36. The maximum atomic E-state index is 13.0. The molecule has 140 valence electrons. The zero-order chi connectivity index (χ0) is 19.7. The number of Topliss-reactive ketones (excluding diaryl/α,β-unsaturated/α-hetero) is 1. The van der Waals surface area contributed by atoms with Crippen molar-refractivity contribution < 1.29 is 24.2 Å². The number of rotatable bonds is 5. The van der Waals surface area contributed by atoms with E-state index in [2.05, 4.69) is 0 Å². The largest absolute Gasteiger partial charge is 0.478 e. The molecule has 6 heteroatoms. The van der Waals surface area contributed by atoms with Gasteiger partial charge in [-0.25, -0.2) is 4.79 Å². The Balaban J connectivity index is 2.00. The number of fused-ring (bicyclic) bond motifs is 1. The SMILES string of the molecule is CC(=O)c1ccc2c(c1)N(Cc1ccc(C(=O)O)cc1)C(=O)C(C(C)C)O2. The van der Waals surface area contributed by atoms with Crippen molar-refractivity contribution in [3.63, 3.8) is 0 Å². The highest BCUT2D eigenvalue weighted by atomic mass is 16.5. The van der Waals surface area contributed by atoms with E-state index in [9.17, 15) is 14.4 Å². The number of carbonyl (C=O) groups is 3. The van der Waals surface area contributed by atoms with Crippen LogP contribution >= 0.6 is 0 Å².